The Morgan fingerprint density at radius 3 is 2.54 bits per heavy atom. The molecule has 0 bridgehead atoms. The number of carbonyl (C=O) groups excluding carboxylic acids is 2. The van der Waals surface area contributed by atoms with E-state index in [2.05, 4.69) is 0 Å². The first-order valence-electron chi connectivity index (χ1n) is 10.7. The van der Waals surface area contributed by atoms with Crippen LogP contribution in [-0.4, -0.2) is 16.8 Å². The Morgan fingerprint density at radius 1 is 1.00 bits per heavy atom. The molecular formula is C26H18N2O6S. The molecule has 1 amide bonds. The molecule has 3 aromatic carbocycles. The zero-order valence-electron chi connectivity index (χ0n) is 18.2. The normalized spacial score (nSPS) is 12.5. The molecule has 0 spiro atoms. The fourth-order valence-electron chi connectivity index (χ4n) is 3.72. The highest BCUT2D eigenvalue weighted by atomic mass is 32.2. The lowest BCUT2D eigenvalue weighted by atomic mass is 10.1. The number of rotatable bonds is 6. The second-order valence-corrected chi connectivity index (χ2v) is 8.83. The van der Waals surface area contributed by atoms with Crippen molar-refractivity contribution in [3.05, 3.63) is 118 Å². The van der Waals surface area contributed by atoms with E-state index in [9.17, 15) is 19.7 Å². The third-order valence-electron chi connectivity index (χ3n) is 5.48. The van der Waals surface area contributed by atoms with Crippen molar-refractivity contribution in [1.82, 2.24) is 0 Å². The number of esters is 1. The fourth-order valence-corrected chi connectivity index (χ4v) is 4.78. The molecule has 35 heavy (non-hydrogen) atoms. The van der Waals surface area contributed by atoms with Crippen molar-refractivity contribution in [3.8, 4) is 0 Å². The molecule has 0 N–H and O–H groups in total. The Kier molecular flexibility index (Phi) is 6.07. The molecule has 174 valence electrons. The monoisotopic (exact) mass is 486 g/mol. The zero-order valence-corrected chi connectivity index (χ0v) is 19.1. The van der Waals surface area contributed by atoms with E-state index in [1.54, 1.807) is 59.5 Å². The summed E-state index contributed by atoms with van der Waals surface area (Å²) in [5.41, 5.74) is 2.08. The van der Waals surface area contributed by atoms with Crippen LogP contribution in [0.15, 0.2) is 99.3 Å². The van der Waals surface area contributed by atoms with Gasteiger partial charge >= 0.3 is 5.97 Å². The van der Waals surface area contributed by atoms with Gasteiger partial charge in [-0.25, -0.2) is 4.79 Å². The Labute approximate surface area is 204 Å². The van der Waals surface area contributed by atoms with Crippen molar-refractivity contribution in [2.45, 2.75) is 22.9 Å². The van der Waals surface area contributed by atoms with Gasteiger partial charge in [0.2, 0.25) is 0 Å². The number of benzene rings is 3. The van der Waals surface area contributed by atoms with Gasteiger partial charge in [-0.2, -0.15) is 0 Å². The predicted molar refractivity (Wildman–Crippen MR) is 128 cm³/mol. The molecule has 0 radical (unpaired) electrons. The lowest BCUT2D eigenvalue weighted by Gasteiger charge is -2.23. The van der Waals surface area contributed by atoms with Crippen molar-refractivity contribution in [1.29, 1.82) is 0 Å². The van der Waals surface area contributed by atoms with E-state index in [1.165, 1.54) is 30.2 Å². The summed E-state index contributed by atoms with van der Waals surface area (Å²) in [6, 6.07) is 21.9. The number of non-ortho nitro benzene ring substituents is 1. The highest BCUT2D eigenvalue weighted by molar-refractivity contribution is 7.99. The first kappa shape index (κ1) is 22.4. The predicted octanol–water partition coefficient (Wildman–Crippen LogP) is 5.86. The fraction of sp³-hybridized carbons (Fsp3) is 0.0769. The maximum atomic E-state index is 13.6. The van der Waals surface area contributed by atoms with Gasteiger partial charge < -0.3 is 14.1 Å². The number of carbonyl (C=O) groups is 2. The number of nitro benzene ring substituents is 1. The Morgan fingerprint density at radius 2 is 1.80 bits per heavy atom. The SMILES string of the molecule is O=C(OCc1ccco1)c1ccc2c(c1)N(Cc1ccc([N+](=O)[O-])cc1)C(=O)c1ccccc1S2. The van der Waals surface area contributed by atoms with E-state index >= 15 is 0 Å². The molecule has 8 nitrogen and oxygen atoms in total. The molecule has 2 heterocycles. The smallest absolute Gasteiger partial charge is 0.338 e. The average molecular weight is 487 g/mol. The number of furan rings is 1. The van der Waals surface area contributed by atoms with Gasteiger partial charge in [0.1, 0.15) is 12.4 Å². The maximum absolute atomic E-state index is 13.6. The molecule has 1 aliphatic rings. The summed E-state index contributed by atoms with van der Waals surface area (Å²) in [7, 11) is 0. The maximum Gasteiger partial charge on any atom is 0.338 e. The summed E-state index contributed by atoms with van der Waals surface area (Å²) in [4.78, 5) is 40.1. The number of nitrogens with zero attached hydrogens (tertiary/aromatic N) is 2. The number of hydrogen-bond acceptors (Lipinski definition) is 7. The summed E-state index contributed by atoms with van der Waals surface area (Å²) >= 11 is 1.44. The van der Waals surface area contributed by atoms with Crippen molar-refractivity contribution < 1.29 is 23.7 Å². The van der Waals surface area contributed by atoms with Crippen molar-refractivity contribution in [2.75, 3.05) is 4.90 Å². The van der Waals surface area contributed by atoms with E-state index in [4.69, 9.17) is 9.15 Å². The average Bonchev–Trinajstić information content (AvgIpc) is 3.36. The van der Waals surface area contributed by atoms with Gasteiger partial charge in [-0.05, 0) is 48.0 Å². The van der Waals surface area contributed by atoms with Crippen LogP contribution in [0.25, 0.3) is 0 Å². The van der Waals surface area contributed by atoms with E-state index in [-0.39, 0.29) is 24.7 Å². The summed E-state index contributed by atoms with van der Waals surface area (Å²) < 4.78 is 10.6. The van der Waals surface area contributed by atoms with Crippen molar-refractivity contribution in [2.24, 2.45) is 0 Å². The van der Waals surface area contributed by atoms with Crippen molar-refractivity contribution in [3.63, 3.8) is 0 Å². The molecule has 1 aliphatic heterocycles. The molecule has 4 aromatic rings. The largest absolute Gasteiger partial charge is 0.466 e. The van der Waals surface area contributed by atoms with Crippen molar-refractivity contribution >= 4 is 35.0 Å². The van der Waals surface area contributed by atoms with Gasteiger partial charge in [0.05, 0.1) is 34.5 Å². The lowest BCUT2D eigenvalue weighted by Crippen LogP contribution is -2.30. The molecular weight excluding hydrogens is 468 g/mol. The molecule has 0 saturated carbocycles. The second kappa shape index (κ2) is 9.47. The zero-order chi connectivity index (χ0) is 24.4. The Bertz CT molecular complexity index is 1420. The van der Waals surface area contributed by atoms with Crippen LogP contribution in [0, 0.1) is 10.1 Å². The first-order valence-corrected chi connectivity index (χ1v) is 11.5. The van der Waals surface area contributed by atoms with Gasteiger partial charge in [-0.3, -0.25) is 14.9 Å². The van der Waals surface area contributed by atoms with Gasteiger partial charge in [0.15, 0.2) is 0 Å². The van der Waals surface area contributed by atoms with E-state index in [0.29, 0.717) is 28.1 Å². The summed E-state index contributed by atoms with van der Waals surface area (Å²) in [6.07, 6.45) is 1.50. The molecule has 0 saturated heterocycles. The van der Waals surface area contributed by atoms with E-state index in [0.717, 1.165) is 9.79 Å². The molecule has 0 aliphatic carbocycles. The number of amides is 1. The molecule has 0 fully saturated rings. The molecule has 5 rings (SSSR count). The van der Waals surface area contributed by atoms with Crippen LogP contribution < -0.4 is 4.90 Å². The standard InChI is InChI=1S/C26H18N2O6S/c29-25-21-5-1-2-6-23(21)35-24-12-9-18(26(30)34-16-20-4-3-13-33-20)14-22(24)27(25)15-17-7-10-19(11-8-17)28(31)32/h1-14H,15-16H2. The van der Waals surface area contributed by atoms with Crippen LogP contribution >= 0.6 is 11.8 Å². The topological polar surface area (TPSA) is 103 Å². The number of hydrogen-bond donors (Lipinski definition) is 0. The second-order valence-electron chi connectivity index (χ2n) is 7.75. The summed E-state index contributed by atoms with van der Waals surface area (Å²) in [6.45, 7) is 0.165. The third-order valence-corrected chi connectivity index (χ3v) is 6.62. The van der Waals surface area contributed by atoms with Crippen LogP contribution in [-0.2, 0) is 17.9 Å². The summed E-state index contributed by atoms with van der Waals surface area (Å²) in [5.74, 6) is -0.251. The minimum absolute atomic E-state index is 0.00541. The minimum Gasteiger partial charge on any atom is -0.466 e. The molecule has 9 heteroatoms. The van der Waals surface area contributed by atoms with Gasteiger partial charge in [-0.15, -0.1) is 0 Å². The number of nitro groups is 1. The van der Waals surface area contributed by atoms with E-state index in [1.807, 2.05) is 12.1 Å². The minimum atomic E-state index is -0.543. The molecule has 1 aromatic heterocycles. The first-order chi connectivity index (χ1) is 17.0. The molecule has 0 atom stereocenters. The lowest BCUT2D eigenvalue weighted by molar-refractivity contribution is -0.384. The highest BCUT2D eigenvalue weighted by Gasteiger charge is 2.28. The summed E-state index contributed by atoms with van der Waals surface area (Å²) in [5, 5.41) is 11.0. The van der Waals surface area contributed by atoms with Gasteiger partial charge in [0.25, 0.3) is 11.6 Å². The highest BCUT2D eigenvalue weighted by Crippen LogP contribution is 2.42. The number of fused-ring (bicyclic) bond motifs is 2. The number of anilines is 1. The van der Waals surface area contributed by atoms with Crippen LogP contribution in [0.5, 0.6) is 0 Å². The van der Waals surface area contributed by atoms with Crippen LogP contribution in [0.2, 0.25) is 0 Å². The van der Waals surface area contributed by atoms with Gasteiger partial charge in [-0.1, -0.05) is 36.0 Å². The number of ether oxygens (including phenoxy) is 1. The van der Waals surface area contributed by atoms with Crippen LogP contribution in [0.4, 0.5) is 11.4 Å². The third kappa shape index (κ3) is 4.67. The Balaban J connectivity index is 1.50. The quantitative estimate of drug-likeness (QED) is 0.191. The molecule has 0 unspecified atom stereocenters. The Hall–Kier alpha value is -4.37. The van der Waals surface area contributed by atoms with E-state index < -0.39 is 10.9 Å². The van der Waals surface area contributed by atoms with Crippen LogP contribution in [0.3, 0.4) is 0 Å². The van der Waals surface area contributed by atoms with Crippen LogP contribution in [0.1, 0.15) is 32.0 Å². The van der Waals surface area contributed by atoms with Gasteiger partial charge in [0, 0.05) is 21.9 Å².